The number of amides is 1. The number of benzene rings is 1. The molecule has 2 atom stereocenters. The highest BCUT2D eigenvalue weighted by Crippen LogP contribution is 2.46. The zero-order valence-corrected chi connectivity index (χ0v) is 20.1. The molecule has 0 saturated heterocycles. The molecule has 0 bridgehead atoms. The summed E-state index contributed by atoms with van der Waals surface area (Å²) in [6.07, 6.45) is -4.97. The van der Waals surface area contributed by atoms with Crippen molar-refractivity contribution < 1.29 is 27.1 Å². The molecule has 3 heterocycles. The van der Waals surface area contributed by atoms with Gasteiger partial charge in [0.25, 0.3) is 5.91 Å². The molecule has 170 valence electrons. The second kappa shape index (κ2) is 8.64. The Morgan fingerprint density at radius 2 is 2.09 bits per heavy atom. The average Bonchev–Trinajstić information content (AvgIpc) is 3.30. The number of carbonyl (C=O) groups is 1. The minimum Gasteiger partial charge on any atom is -0.495 e. The number of alkyl halides is 3. The van der Waals surface area contributed by atoms with E-state index in [0.717, 1.165) is 4.68 Å². The fourth-order valence-corrected chi connectivity index (χ4v) is 4.44. The molecule has 2 N–H and O–H groups in total. The van der Waals surface area contributed by atoms with Crippen LogP contribution in [0.4, 0.5) is 24.7 Å². The molecule has 1 aromatic carbocycles. The summed E-state index contributed by atoms with van der Waals surface area (Å²) in [5.74, 6) is -0.0728. The number of nitrogens with zero attached hydrogens (tertiary/aromatic N) is 2. The molecule has 0 saturated carbocycles. The second-order valence-electron chi connectivity index (χ2n) is 6.89. The highest BCUT2D eigenvalue weighted by molar-refractivity contribution is 9.10. The summed E-state index contributed by atoms with van der Waals surface area (Å²) in [6, 6.07) is 5.02. The van der Waals surface area contributed by atoms with Crippen LogP contribution in [0.1, 0.15) is 34.8 Å². The lowest BCUT2D eigenvalue weighted by Gasteiger charge is -2.32. The number of rotatable bonds is 4. The number of hydrogen-bond acceptors (Lipinski definition) is 5. The fraction of sp³-hybridized carbons (Fsp3) is 0.263. The van der Waals surface area contributed by atoms with Crippen molar-refractivity contribution in [3.8, 4) is 5.75 Å². The second-order valence-corrected chi connectivity index (χ2v) is 8.90. The number of fused-ring (bicyclic) bond motifs is 1. The molecular formula is C19H14Br2ClF3N4O3. The van der Waals surface area contributed by atoms with Crippen LogP contribution in [-0.4, -0.2) is 29.0 Å². The Kier molecular flexibility index (Phi) is 6.21. The van der Waals surface area contributed by atoms with Crippen molar-refractivity contribution in [2.75, 3.05) is 17.7 Å². The van der Waals surface area contributed by atoms with E-state index in [0.29, 0.717) is 21.2 Å². The molecule has 0 spiro atoms. The van der Waals surface area contributed by atoms with Crippen molar-refractivity contribution in [1.29, 1.82) is 0 Å². The van der Waals surface area contributed by atoms with Gasteiger partial charge in [0.05, 0.1) is 23.3 Å². The van der Waals surface area contributed by atoms with Crippen LogP contribution in [0.5, 0.6) is 5.75 Å². The van der Waals surface area contributed by atoms with Crippen LogP contribution < -0.4 is 15.4 Å². The summed E-state index contributed by atoms with van der Waals surface area (Å²) in [6.45, 7) is 0. The van der Waals surface area contributed by atoms with Gasteiger partial charge < -0.3 is 19.8 Å². The van der Waals surface area contributed by atoms with Gasteiger partial charge in [0, 0.05) is 11.4 Å². The molecule has 0 unspecified atom stereocenters. The Labute approximate surface area is 201 Å². The lowest BCUT2D eigenvalue weighted by atomic mass is 10.0. The molecule has 2 aromatic heterocycles. The van der Waals surface area contributed by atoms with Crippen molar-refractivity contribution in [2.24, 2.45) is 0 Å². The van der Waals surface area contributed by atoms with Gasteiger partial charge in [-0.3, -0.25) is 4.79 Å². The SMILES string of the molecule is COc1ccc(Cl)cc1NC(=O)c1nn2c(c1Br)N[C@H](c1ccc(Br)o1)C[C@H]2C(F)(F)F. The van der Waals surface area contributed by atoms with Crippen molar-refractivity contribution in [3.63, 3.8) is 0 Å². The van der Waals surface area contributed by atoms with E-state index in [9.17, 15) is 18.0 Å². The first-order valence-corrected chi connectivity index (χ1v) is 11.1. The van der Waals surface area contributed by atoms with Crippen molar-refractivity contribution in [1.82, 2.24) is 9.78 Å². The summed E-state index contributed by atoms with van der Waals surface area (Å²) in [5, 5.41) is 9.87. The number of carbonyl (C=O) groups excluding carboxylic acids is 1. The lowest BCUT2D eigenvalue weighted by molar-refractivity contribution is -0.174. The molecule has 1 amide bonds. The van der Waals surface area contributed by atoms with Gasteiger partial charge in [-0.25, -0.2) is 4.68 Å². The van der Waals surface area contributed by atoms with E-state index in [2.05, 4.69) is 47.6 Å². The maximum Gasteiger partial charge on any atom is 0.410 e. The number of hydrogen-bond donors (Lipinski definition) is 2. The molecule has 1 aliphatic heterocycles. The van der Waals surface area contributed by atoms with Crippen LogP contribution in [0.25, 0.3) is 0 Å². The topological polar surface area (TPSA) is 81.3 Å². The van der Waals surface area contributed by atoms with E-state index in [1.807, 2.05) is 0 Å². The minimum atomic E-state index is -4.60. The van der Waals surface area contributed by atoms with Gasteiger partial charge in [-0.15, -0.1) is 0 Å². The van der Waals surface area contributed by atoms with Crippen molar-refractivity contribution >= 4 is 60.9 Å². The monoisotopic (exact) mass is 596 g/mol. The number of nitrogens with one attached hydrogen (secondary N) is 2. The van der Waals surface area contributed by atoms with Gasteiger partial charge in [-0.2, -0.15) is 18.3 Å². The Balaban J connectivity index is 1.71. The highest BCUT2D eigenvalue weighted by Gasteiger charge is 2.48. The molecule has 0 radical (unpaired) electrons. The van der Waals surface area contributed by atoms with Gasteiger partial charge >= 0.3 is 6.18 Å². The molecule has 13 heteroatoms. The van der Waals surface area contributed by atoms with Crippen LogP contribution in [-0.2, 0) is 0 Å². The molecule has 1 aliphatic rings. The van der Waals surface area contributed by atoms with Crippen molar-refractivity contribution in [3.05, 3.63) is 56.0 Å². The molecule has 0 aliphatic carbocycles. The molecule has 4 rings (SSSR count). The zero-order chi connectivity index (χ0) is 23.2. The predicted octanol–water partition coefficient (Wildman–Crippen LogP) is 6.58. The van der Waals surface area contributed by atoms with Crippen LogP contribution in [0.3, 0.4) is 0 Å². The Bertz CT molecular complexity index is 1180. The number of halogens is 6. The Hall–Kier alpha value is -2.18. The van der Waals surface area contributed by atoms with E-state index < -0.39 is 24.2 Å². The molecular weight excluding hydrogens is 584 g/mol. The number of ether oxygens (including phenoxy) is 1. The minimum absolute atomic E-state index is 0.0132. The third kappa shape index (κ3) is 4.35. The number of anilines is 2. The third-order valence-electron chi connectivity index (χ3n) is 4.86. The first kappa shape index (κ1) is 23.0. The van der Waals surface area contributed by atoms with Gasteiger partial charge in [0.2, 0.25) is 0 Å². The summed E-state index contributed by atoms with van der Waals surface area (Å²) in [7, 11) is 1.41. The fourth-order valence-electron chi connectivity index (χ4n) is 3.40. The lowest BCUT2D eigenvalue weighted by Crippen LogP contribution is -2.35. The standard InChI is InChI=1S/C19H14Br2ClF3N4O3/c1-31-11-3-2-8(22)6-9(11)27-18(30)16-15(21)17-26-10(12-4-5-14(20)32-12)7-13(19(23,24)25)29(17)28-16/h2-6,10,13,26H,7H2,1H3,(H,27,30)/t10-,13-/m0/s1. The molecule has 32 heavy (non-hydrogen) atoms. The summed E-state index contributed by atoms with van der Waals surface area (Å²) < 4.78 is 53.5. The van der Waals surface area contributed by atoms with Crippen LogP contribution in [0, 0.1) is 0 Å². The quantitative estimate of drug-likeness (QED) is 0.355. The molecule has 3 aromatic rings. The first-order chi connectivity index (χ1) is 15.1. The number of methoxy groups -OCH3 is 1. The number of aromatic nitrogens is 2. The largest absolute Gasteiger partial charge is 0.495 e. The summed E-state index contributed by atoms with van der Waals surface area (Å²) in [5.41, 5.74) is 0.0200. The maximum atomic E-state index is 13.9. The third-order valence-corrected chi connectivity index (χ3v) is 6.27. The van der Waals surface area contributed by atoms with E-state index in [1.165, 1.54) is 13.2 Å². The van der Waals surface area contributed by atoms with Crippen LogP contribution in [0.15, 0.2) is 43.9 Å². The molecule has 0 fully saturated rings. The van der Waals surface area contributed by atoms with Gasteiger partial charge in [0.1, 0.15) is 17.3 Å². The summed E-state index contributed by atoms with van der Waals surface area (Å²) in [4.78, 5) is 12.9. The van der Waals surface area contributed by atoms with E-state index in [1.54, 1.807) is 24.3 Å². The van der Waals surface area contributed by atoms with Gasteiger partial charge in [-0.1, -0.05) is 11.6 Å². The van der Waals surface area contributed by atoms with Crippen LogP contribution >= 0.6 is 43.5 Å². The maximum absolute atomic E-state index is 13.9. The normalized spacial score (nSPS) is 18.1. The van der Waals surface area contributed by atoms with Gasteiger partial charge in [-0.05, 0) is 62.2 Å². The van der Waals surface area contributed by atoms with E-state index in [4.69, 9.17) is 20.8 Å². The van der Waals surface area contributed by atoms with E-state index >= 15 is 0 Å². The predicted molar refractivity (Wildman–Crippen MR) is 118 cm³/mol. The number of furan rings is 1. The zero-order valence-electron chi connectivity index (χ0n) is 16.1. The Morgan fingerprint density at radius 1 is 1.34 bits per heavy atom. The van der Waals surface area contributed by atoms with Crippen LogP contribution in [0.2, 0.25) is 5.02 Å². The van der Waals surface area contributed by atoms with Crippen molar-refractivity contribution in [2.45, 2.75) is 24.7 Å². The van der Waals surface area contributed by atoms with E-state index in [-0.39, 0.29) is 28.1 Å². The molecule has 7 nitrogen and oxygen atoms in total. The average molecular weight is 599 g/mol. The smallest absolute Gasteiger partial charge is 0.410 e. The summed E-state index contributed by atoms with van der Waals surface area (Å²) >= 11 is 12.4. The van der Waals surface area contributed by atoms with Gasteiger partial charge in [0.15, 0.2) is 16.4 Å². The highest BCUT2D eigenvalue weighted by atomic mass is 79.9. The first-order valence-electron chi connectivity index (χ1n) is 9.10. The Morgan fingerprint density at radius 3 is 2.72 bits per heavy atom.